The lowest BCUT2D eigenvalue weighted by Crippen LogP contribution is -1.97. The van der Waals surface area contributed by atoms with E-state index in [1.807, 2.05) is 0 Å². The van der Waals surface area contributed by atoms with Gasteiger partial charge in [0.05, 0.1) is 9.40 Å². The molecule has 2 aromatic rings. The number of ether oxygens (including phenoxy) is 1. The molecule has 1 saturated carbocycles. The van der Waals surface area contributed by atoms with Crippen molar-refractivity contribution in [1.82, 2.24) is 0 Å². The molecule has 0 heterocycles. The first-order valence-corrected chi connectivity index (χ1v) is 7.35. The fraction of sp³-hybridized carbons (Fsp3) is 0.200. The van der Waals surface area contributed by atoms with Gasteiger partial charge in [-0.25, -0.2) is 8.78 Å². The van der Waals surface area contributed by atoms with Crippen LogP contribution in [0.2, 0.25) is 0 Å². The molecule has 0 spiro atoms. The highest BCUT2D eigenvalue weighted by atomic mass is 79.9. The lowest BCUT2D eigenvalue weighted by atomic mass is 10.1. The maximum Gasteiger partial charge on any atom is 0.274 e. The van der Waals surface area contributed by atoms with Gasteiger partial charge in [-0.05, 0) is 52.9 Å². The van der Waals surface area contributed by atoms with E-state index < -0.39 is 16.6 Å². The Morgan fingerprint density at radius 3 is 2.50 bits per heavy atom. The first-order valence-electron chi connectivity index (χ1n) is 6.56. The number of halogens is 3. The molecule has 22 heavy (non-hydrogen) atoms. The van der Waals surface area contributed by atoms with Crippen LogP contribution in [0.4, 0.5) is 14.5 Å². The predicted molar refractivity (Wildman–Crippen MR) is 79.2 cm³/mol. The summed E-state index contributed by atoms with van der Waals surface area (Å²) in [6.45, 7) is 0. The number of nitro groups is 1. The molecule has 2 aromatic carbocycles. The van der Waals surface area contributed by atoms with Crippen molar-refractivity contribution in [2.24, 2.45) is 0 Å². The Kier molecular flexibility index (Phi) is 3.82. The van der Waals surface area contributed by atoms with Gasteiger partial charge in [-0.2, -0.15) is 0 Å². The van der Waals surface area contributed by atoms with Crippen LogP contribution in [0.25, 0.3) is 0 Å². The van der Waals surface area contributed by atoms with E-state index >= 15 is 0 Å². The molecule has 0 bridgehead atoms. The highest BCUT2D eigenvalue weighted by molar-refractivity contribution is 9.10. The van der Waals surface area contributed by atoms with Crippen molar-refractivity contribution in [3.8, 4) is 11.5 Å². The quantitative estimate of drug-likeness (QED) is 0.542. The normalized spacial score (nSPS) is 14.0. The van der Waals surface area contributed by atoms with E-state index in [1.165, 1.54) is 12.1 Å². The zero-order valence-electron chi connectivity index (χ0n) is 11.2. The average molecular weight is 370 g/mol. The van der Waals surface area contributed by atoms with Gasteiger partial charge in [0.2, 0.25) is 0 Å². The van der Waals surface area contributed by atoms with Crippen LogP contribution in [0.3, 0.4) is 0 Å². The molecule has 0 aliphatic heterocycles. The molecule has 0 atom stereocenters. The maximum atomic E-state index is 13.7. The summed E-state index contributed by atoms with van der Waals surface area (Å²) in [5.41, 5.74) is 0.590. The summed E-state index contributed by atoms with van der Waals surface area (Å²) in [7, 11) is 0. The van der Waals surface area contributed by atoms with Crippen molar-refractivity contribution in [3.05, 3.63) is 62.1 Å². The van der Waals surface area contributed by atoms with Gasteiger partial charge in [0.15, 0.2) is 11.6 Å². The Morgan fingerprint density at radius 1 is 1.18 bits per heavy atom. The average Bonchev–Trinajstić information content (AvgIpc) is 3.27. The van der Waals surface area contributed by atoms with E-state index in [4.69, 9.17) is 4.74 Å². The summed E-state index contributed by atoms with van der Waals surface area (Å²) in [4.78, 5) is 10.7. The van der Waals surface area contributed by atoms with Gasteiger partial charge < -0.3 is 4.74 Å². The van der Waals surface area contributed by atoms with Gasteiger partial charge in [0.25, 0.3) is 5.69 Å². The summed E-state index contributed by atoms with van der Waals surface area (Å²) in [6.07, 6.45) is 1.76. The second-order valence-corrected chi connectivity index (χ2v) is 5.90. The zero-order chi connectivity index (χ0) is 15.9. The first kappa shape index (κ1) is 14.9. The Morgan fingerprint density at radius 2 is 1.91 bits per heavy atom. The highest BCUT2D eigenvalue weighted by Crippen LogP contribution is 2.47. The van der Waals surface area contributed by atoms with Crippen molar-refractivity contribution in [2.75, 3.05) is 0 Å². The van der Waals surface area contributed by atoms with Crippen LogP contribution in [0.5, 0.6) is 11.5 Å². The molecule has 7 heteroatoms. The maximum absolute atomic E-state index is 13.7. The second-order valence-electron chi connectivity index (χ2n) is 5.05. The zero-order valence-corrected chi connectivity index (χ0v) is 12.8. The minimum absolute atomic E-state index is 0.0151. The molecule has 114 valence electrons. The monoisotopic (exact) mass is 369 g/mol. The summed E-state index contributed by atoms with van der Waals surface area (Å²) in [5, 5.41) is 11.1. The molecule has 0 N–H and O–H groups in total. The Hall–Kier alpha value is -2.02. The molecule has 0 unspecified atom stereocenters. The molecule has 1 aliphatic rings. The largest absolute Gasteiger partial charge is 0.453 e. The molecule has 0 amide bonds. The Balaban J connectivity index is 2.00. The fourth-order valence-corrected chi connectivity index (χ4v) is 2.60. The Bertz CT molecular complexity index is 763. The molecule has 0 radical (unpaired) electrons. The topological polar surface area (TPSA) is 52.4 Å². The van der Waals surface area contributed by atoms with E-state index in [9.17, 15) is 18.9 Å². The minimum atomic E-state index is -0.835. The SMILES string of the molecule is O=[N+]([O-])c1cc(Br)c(Oc2ccc(F)cc2F)cc1C1CC1. The summed E-state index contributed by atoms with van der Waals surface area (Å²) >= 11 is 3.19. The molecule has 0 saturated heterocycles. The first-order chi connectivity index (χ1) is 10.5. The minimum Gasteiger partial charge on any atom is -0.453 e. The molecular weight excluding hydrogens is 360 g/mol. The summed E-state index contributed by atoms with van der Waals surface area (Å²) in [5.74, 6) is -1.28. The number of rotatable bonds is 4. The molecule has 3 rings (SSSR count). The molecular formula is C15H10BrF2NO3. The van der Waals surface area contributed by atoms with Crippen molar-refractivity contribution in [1.29, 1.82) is 0 Å². The Labute approximate surface area is 133 Å². The van der Waals surface area contributed by atoms with Gasteiger partial charge >= 0.3 is 0 Å². The van der Waals surface area contributed by atoms with Crippen LogP contribution in [-0.2, 0) is 0 Å². The van der Waals surface area contributed by atoms with Crippen LogP contribution >= 0.6 is 15.9 Å². The third-order valence-electron chi connectivity index (χ3n) is 3.41. The van der Waals surface area contributed by atoms with Gasteiger partial charge in [0, 0.05) is 17.7 Å². The lowest BCUT2D eigenvalue weighted by molar-refractivity contribution is -0.385. The number of hydrogen-bond donors (Lipinski definition) is 0. The van der Waals surface area contributed by atoms with Crippen molar-refractivity contribution in [3.63, 3.8) is 0 Å². The third-order valence-corrected chi connectivity index (χ3v) is 4.03. The van der Waals surface area contributed by atoms with Crippen LogP contribution < -0.4 is 4.74 Å². The highest BCUT2D eigenvalue weighted by Gasteiger charge is 2.32. The summed E-state index contributed by atoms with van der Waals surface area (Å²) < 4.78 is 32.3. The summed E-state index contributed by atoms with van der Waals surface area (Å²) in [6, 6.07) is 5.87. The van der Waals surface area contributed by atoms with Crippen LogP contribution in [0.15, 0.2) is 34.8 Å². The van der Waals surface area contributed by atoms with E-state index in [1.54, 1.807) is 6.07 Å². The van der Waals surface area contributed by atoms with Gasteiger partial charge in [0.1, 0.15) is 11.6 Å². The smallest absolute Gasteiger partial charge is 0.274 e. The molecule has 1 fully saturated rings. The van der Waals surface area contributed by atoms with Crippen LogP contribution in [0, 0.1) is 21.7 Å². The molecule has 4 nitrogen and oxygen atoms in total. The number of hydrogen-bond acceptors (Lipinski definition) is 3. The molecule has 1 aliphatic carbocycles. The van der Waals surface area contributed by atoms with Crippen LogP contribution in [-0.4, -0.2) is 4.92 Å². The molecule has 0 aromatic heterocycles. The van der Waals surface area contributed by atoms with Gasteiger partial charge in [-0.1, -0.05) is 0 Å². The number of benzene rings is 2. The van der Waals surface area contributed by atoms with E-state index in [0.717, 1.165) is 25.0 Å². The van der Waals surface area contributed by atoms with Crippen molar-refractivity contribution < 1.29 is 18.4 Å². The van der Waals surface area contributed by atoms with Gasteiger partial charge in [-0.3, -0.25) is 10.1 Å². The standard InChI is InChI=1S/C15H10BrF2NO3/c16-11-7-13(19(20)21)10(8-1-2-8)6-15(11)22-14-4-3-9(17)5-12(14)18/h3-8H,1-2H2. The van der Waals surface area contributed by atoms with E-state index in [-0.39, 0.29) is 23.1 Å². The van der Waals surface area contributed by atoms with E-state index in [2.05, 4.69) is 15.9 Å². The van der Waals surface area contributed by atoms with Crippen molar-refractivity contribution >= 4 is 21.6 Å². The third kappa shape index (κ3) is 2.94. The fourth-order valence-electron chi connectivity index (χ4n) is 2.19. The number of nitrogens with zero attached hydrogens (tertiary/aromatic N) is 1. The number of nitro benzene ring substituents is 1. The van der Waals surface area contributed by atoms with Gasteiger partial charge in [-0.15, -0.1) is 0 Å². The van der Waals surface area contributed by atoms with Crippen LogP contribution in [0.1, 0.15) is 24.3 Å². The van der Waals surface area contributed by atoms with Crippen molar-refractivity contribution in [2.45, 2.75) is 18.8 Å². The van der Waals surface area contributed by atoms with E-state index in [0.29, 0.717) is 10.0 Å². The second kappa shape index (κ2) is 5.64. The lowest BCUT2D eigenvalue weighted by Gasteiger charge is -2.11. The predicted octanol–water partition coefficient (Wildman–Crippen LogP) is 5.31.